The second-order valence-electron chi connectivity index (χ2n) is 3.79. The molecule has 0 atom stereocenters. The zero-order valence-electron chi connectivity index (χ0n) is 8.30. The third-order valence-electron chi connectivity index (χ3n) is 2.73. The number of aliphatic carboxylic acids is 1. The van der Waals surface area contributed by atoms with Gasteiger partial charge < -0.3 is 5.11 Å². The van der Waals surface area contributed by atoms with Crippen molar-refractivity contribution in [1.82, 2.24) is 0 Å². The van der Waals surface area contributed by atoms with E-state index >= 15 is 0 Å². The van der Waals surface area contributed by atoms with Crippen molar-refractivity contribution < 1.29 is 9.90 Å². The Hall–Kier alpha value is 0.951. The summed E-state index contributed by atoms with van der Waals surface area (Å²) >= 11 is 0. The van der Waals surface area contributed by atoms with Gasteiger partial charge in [0.25, 0.3) is 0 Å². The van der Waals surface area contributed by atoms with Crippen LogP contribution in [-0.2, 0) is 4.79 Å². The fraction of sp³-hybridized carbons (Fsp3) is 0.900. The van der Waals surface area contributed by atoms with Crippen LogP contribution in [0.5, 0.6) is 0 Å². The smallest absolute Gasteiger partial charge is 0.303 e. The van der Waals surface area contributed by atoms with E-state index < -0.39 is 5.97 Å². The van der Waals surface area contributed by atoms with E-state index in [1.807, 2.05) is 0 Å². The van der Waals surface area contributed by atoms with Crippen molar-refractivity contribution >= 4 is 51.5 Å². The van der Waals surface area contributed by atoms with Gasteiger partial charge in [-0.15, -0.1) is 0 Å². The van der Waals surface area contributed by atoms with E-state index in [1.165, 1.54) is 32.1 Å². The van der Waals surface area contributed by atoms with E-state index in [-0.39, 0.29) is 45.5 Å². The van der Waals surface area contributed by atoms with Crippen LogP contribution in [0.25, 0.3) is 0 Å². The van der Waals surface area contributed by atoms with Crippen molar-refractivity contribution in [2.75, 3.05) is 0 Å². The van der Waals surface area contributed by atoms with E-state index in [2.05, 4.69) is 0 Å². The van der Waals surface area contributed by atoms with Crippen LogP contribution in [0.4, 0.5) is 0 Å². The minimum atomic E-state index is -0.647. The van der Waals surface area contributed by atoms with Crippen LogP contribution in [0.15, 0.2) is 0 Å². The van der Waals surface area contributed by atoms with E-state index in [1.54, 1.807) is 0 Å². The summed E-state index contributed by atoms with van der Waals surface area (Å²) in [7, 11) is 0. The Morgan fingerprint density at radius 1 is 1.23 bits per heavy atom. The zero-order valence-corrected chi connectivity index (χ0v) is 11.8. The summed E-state index contributed by atoms with van der Waals surface area (Å²) in [5.74, 6) is 0.184. The van der Waals surface area contributed by atoms with Gasteiger partial charge >= 0.3 is 5.97 Å². The maximum absolute atomic E-state index is 10.2. The van der Waals surface area contributed by atoms with Gasteiger partial charge in [0.2, 0.25) is 0 Å². The average molecular weight is 258 g/mol. The summed E-state index contributed by atoms with van der Waals surface area (Å²) in [6, 6.07) is 0. The summed E-state index contributed by atoms with van der Waals surface area (Å²) in [6.07, 6.45) is 9.13. The maximum atomic E-state index is 10.2. The molecule has 0 heterocycles. The Kier molecular flexibility index (Phi) is 8.88. The second kappa shape index (κ2) is 8.27. The normalized spacial score (nSPS) is 17.8. The fourth-order valence-corrected chi connectivity index (χ4v) is 2.02. The molecule has 2 radical (unpaired) electrons. The van der Waals surface area contributed by atoms with Crippen LogP contribution < -0.4 is 0 Å². The van der Waals surface area contributed by atoms with Gasteiger partial charge in [0.1, 0.15) is 0 Å². The second-order valence-corrected chi connectivity index (χ2v) is 3.79. The van der Waals surface area contributed by atoms with Crippen molar-refractivity contribution in [3.8, 4) is 0 Å². The Morgan fingerprint density at radius 3 is 2.38 bits per heavy atom. The average Bonchev–Trinajstić information content (AvgIpc) is 2.05. The van der Waals surface area contributed by atoms with Crippen molar-refractivity contribution in [1.29, 1.82) is 0 Å². The summed E-state index contributed by atoms with van der Waals surface area (Å²) in [4.78, 5) is 10.2. The van der Waals surface area contributed by atoms with Crippen molar-refractivity contribution in [3.05, 3.63) is 0 Å². The first kappa shape index (κ1) is 14.0. The molecule has 2 nitrogen and oxygen atoms in total. The summed E-state index contributed by atoms with van der Waals surface area (Å²) in [5.41, 5.74) is 0. The molecule has 1 fully saturated rings. The van der Waals surface area contributed by atoms with Crippen LogP contribution in [-0.4, -0.2) is 56.6 Å². The molecule has 0 bridgehead atoms. The molecule has 1 aliphatic carbocycles. The Bertz CT molecular complexity index is 142. The molecule has 0 spiro atoms. The Morgan fingerprint density at radius 2 is 1.85 bits per heavy atom. The SMILES string of the molecule is O=C(O)CCCC1CCCCC1.[Sr]. The molecule has 1 N–H and O–H groups in total. The first-order valence-corrected chi connectivity index (χ1v) is 5.01. The Labute approximate surface area is 117 Å². The molecule has 72 valence electrons. The van der Waals surface area contributed by atoms with E-state index in [0.29, 0.717) is 6.42 Å². The molecule has 1 aliphatic rings. The van der Waals surface area contributed by atoms with Gasteiger partial charge in [-0.3, -0.25) is 4.79 Å². The standard InChI is InChI=1S/C10H18O2.Sr/c11-10(12)8-4-7-9-5-2-1-3-6-9;/h9H,1-8H2,(H,11,12);. The number of hydrogen-bond donors (Lipinski definition) is 1. The molecule has 0 aromatic rings. The van der Waals surface area contributed by atoms with Crippen LogP contribution >= 0.6 is 0 Å². The molecule has 0 amide bonds. The third-order valence-corrected chi connectivity index (χ3v) is 2.73. The van der Waals surface area contributed by atoms with Crippen LogP contribution in [0, 0.1) is 5.92 Å². The van der Waals surface area contributed by atoms with Crippen molar-refractivity contribution in [2.45, 2.75) is 51.4 Å². The molecule has 13 heavy (non-hydrogen) atoms. The van der Waals surface area contributed by atoms with Gasteiger partial charge in [0.05, 0.1) is 0 Å². The summed E-state index contributed by atoms with van der Waals surface area (Å²) < 4.78 is 0. The van der Waals surface area contributed by atoms with E-state index in [4.69, 9.17) is 5.11 Å². The van der Waals surface area contributed by atoms with Crippen molar-refractivity contribution in [2.24, 2.45) is 5.92 Å². The number of hydrogen-bond acceptors (Lipinski definition) is 1. The number of carboxylic acids is 1. The van der Waals surface area contributed by atoms with Crippen molar-refractivity contribution in [3.63, 3.8) is 0 Å². The van der Waals surface area contributed by atoms with Gasteiger partial charge in [0.15, 0.2) is 0 Å². The molecule has 3 heteroatoms. The largest absolute Gasteiger partial charge is 0.481 e. The molecule has 0 aromatic heterocycles. The van der Waals surface area contributed by atoms with E-state index in [0.717, 1.165) is 18.8 Å². The fourth-order valence-electron chi connectivity index (χ4n) is 2.02. The van der Waals surface area contributed by atoms with Gasteiger partial charge in [-0.1, -0.05) is 32.1 Å². The Balaban J connectivity index is 0.00000144. The quantitative estimate of drug-likeness (QED) is 0.786. The van der Waals surface area contributed by atoms with Crippen LogP contribution in [0.1, 0.15) is 51.4 Å². The van der Waals surface area contributed by atoms with Gasteiger partial charge in [-0.25, -0.2) is 0 Å². The molecule has 0 saturated heterocycles. The predicted octanol–water partition coefficient (Wildman–Crippen LogP) is 2.44. The van der Waals surface area contributed by atoms with Gasteiger partial charge in [0, 0.05) is 51.9 Å². The van der Waals surface area contributed by atoms with Crippen LogP contribution in [0.3, 0.4) is 0 Å². The number of rotatable bonds is 4. The summed E-state index contributed by atoms with van der Waals surface area (Å²) in [5, 5.41) is 8.44. The molecule has 0 unspecified atom stereocenters. The maximum Gasteiger partial charge on any atom is 0.303 e. The van der Waals surface area contributed by atoms with Crippen LogP contribution in [0.2, 0.25) is 0 Å². The minimum absolute atomic E-state index is 0. The molecule has 1 saturated carbocycles. The molecular weight excluding hydrogens is 240 g/mol. The van der Waals surface area contributed by atoms with Gasteiger partial charge in [-0.05, 0) is 18.8 Å². The molecule has 0 aromatic carbocycles. The monoisotopic (exact) mass is 258 g/mol. The molecule has 0 aliphatic heterocycles. The summed E-state index contributed by atoms with van der Waals surface area (Å²) in [6.45, 7) is 0. The first-order chi connectivity index (χ1) is 5.79. The topological polar surface area (TPSA) is 37.3 Å². The minimum Gasteiger partial charge on any atom is -0.481 e. The van der Waals surface area contributed by atoms with E-state index in [9.17, 15) is 4.79 Å². The third kappa shape index (κ3) is 6.95. The zero-order chi connectivity index (χ0) is 8.81. The predicted molar refractivity (Wildman–Crippen MR) is 53.8 cm³/mol. The van der Waals surface area contributed by atoms with Gasteiger partial charge in [-0.2, -0.15) is 0 Å². The molecular formula is C10H18O2Sr. The molecule has 1 rings (SSSR count). The number of carbonyl (C=O) groups is 1. The number of carboxylic acid groups (broad SMARTS) is 1. The first-order valence-electron chi connectivity index (χ1n) is 5.01.